The van der Waals surface area contributed by atoms with Gasteiger partial charge in [-0.15, -0.1) is 0 Å². The van der Waals surface area contributed by atoms with Gasteiger partial charge >= 0.3 is 0 Å². The molecule has 0 spiro atoms. The van der Waals surface area contributed by atoms with Crippen LogP contribution in [0.4, 0.5) is 0 Å². The van der Waals surface area contributed by atoms with Gasteiger partial charge in [-0.2, -0.15) is 0 Å². The molecule has 140 valence electrons. The molecule has 0 bridgehead atoms. The molecule has 0 nitrogen and oxygen atoms in total. The Morgan fingerprint density at radius 3 is 1.48 bits per heavy atom. The number of fused-ring (bicyclic) bond motifs is 2. The van der Waals surface area contributed by atoms with Gasteiger partial charge in [0.15, 0.2) is 0 Å². The Kier molecular flexibility index (Phi) is 4.83. The maximum Gasteiger partial charge on any atom is 0.0491 e. The van der Waals surface area contributed by atoms with Crippen LogP contribution in [0.5, 0.6) is 0 Å². The lowest BCUT2D eigenvalue weighted by molar-refractivity contribution is 1.62. The van der Waals surface area contributed by atoms with Crippen molar-refractivity contribution in [1.82, 2.24) is 0 Å². The van der Waals surface area contributed by atoms with E-state index in [2.05, 4.69) is 76.6 Å². The van der Waals surface area contributed by atoms with E-state index in [-0.39, 0.29) is 0 Å². The van der Waals surface area contributed by atoms with Crippen LogP contribution in [0.1, 0.15) is 0 Å². The Balaban J connectivity index is 2.06. The van der Waals surface area contributed by atoms with Gasteiger partial charge < -0.3 is 0 Å². The number of hydrogen-bond donors (Lipinski definition) is 0. The summed E-state index contributed by atoms with van der Waals surface area (Å²) in [6.07, 6.45) is 0. The summed E-state index contributed by atoms with van der Waals surface area (Å²) in [6.45, 7) is 0. The van der Waals surface area contributed by atoms with Gasteiger partial charge in [-0.1, -0.05) is 106 Å². The largest absolute Gasteiger partial charge is 0.0836 e. The third-order valence-electron chi connectivity index (χ3n) is 5.26. The first-order chi connectivity index (χ1) is 14.1. The third kappa shape index (κ3) is 3.14. The van der Waals surface area contributed by atoms with Gasteiger partial charge in [0.1, 0.15) is 0 Å². The summed E-state index contributed by atoms with van der Waals surface area (Å²) in [6, 6.07) is 30.9. The summed E-state index contributed by atoms with van der Waals surface area (Å²) in [5, 5.41) is 5.76. The second-order valence-electron chi connectivity index (χ2n) is 6.95. The fourth-order valence-electron chi connectivity index (χ4n) is 4.06. The van der Waals surface area contributed by atoms with Crippen LogP contribution in [-0.4, -0.2) is 0 Å². The van der Waals surface area contributed by atoms with Gasteiger partial charge in [-0.3, -0.25) is 0 Å². The van der Waals surface area contributed by atoms with E-state index in [1.165, 1.54) is 0 Å². The standard InChI is InChI=1S/C26H15BrCl2/c27-18-14-12-17(13-15-18)24-20-9-5-10-21(28)25(20)23(16-6-2-1-3-7-16)19-8-4-11-22(29)26(19)24/h1-15H. The Bertz CT molecular complexity index is 1360. The second-order valence-corrected chi connectivity index (χ2v) is 8.68. The summed E-state index contributed by atoms with van der Waals surface area (Å²) in [7, 11) is 0. The van der Waals surface area contributed by atoms with Gasteiger partial charge in [0, 0.05) is 25.3 Å². The van der Waals surface area contributed by atoms with Crippen molar-refractivity contribution in [1.29, 1.82) is 0 Å². The van der Waals surface area contributed by atoms with Crippen LogP contribution in [-0.2, 0) is 0 Å². The molecule has 0 aliphatic heterocycles. The predicted molar refractivity (Wildman–Crippen MR) is 130 cm³/mol. The van der Waals surface area contributed by atoms with Crippen molar-refractivity contribution in [2.24, 2.45) is 0 Å². The Labute approximate surface area is 187 Å². The molecule has 0 N–H and O–H groups in total. The molecule has 0 fully saturated rings. The molecule has 29 heavy (non-hydrogen) atoms. The van der Waals surface area contributed by atoms with Gasteiger partial charge in [0.2, 0.25) is 0 Å². The van der Waals surface area contributed by atoms with Gasteiger partial charge in [0.25, 0.3) is 0 Å². The van der Waals surface area contributed by atoms with Crippen molar-refractivity contribution in [2.75, 3.05) is 0 Å². The molecule has 0 aliphatic carbocycles. The summed E-state index contributed by atoms with van der Waals surface area (Å²) in [5.41, 5.74) is 4.46. The Hall–Kier alpha value is -2.32. The molecule has 0 unspecified atom stereocenters. The molecule has 0 aliphatic rings. The molecule has 0 heterocycles. The highest BCUT2D eigenvalue weighted by Gasteiger charge is 2.19. The van der Waals surface area contributed by atoms with Crippen LogP contribution < -0.4 is 0 Å². The molecular weight excluding hydrogens is 463 g/mol. The van der Waals surface area contributed by atoms with Gasteiger partial charge in [-0.05, 0) is 57.3 Å². The molecule has 0 amide bonds. The van der Waals surface area contributed by atoms with Crippen LogP contribution in [0.2, 0.25) is 10.0 Å². The normalized spacial score (nSPS) is 11.3. The average molecular weight is 478 g/mol. The van der Waals surface area contributed by atoms with Crippen molar-refractivity contribution >= 4 is 60.7 Å². The zero-order valence-corrected chi connectivity index (χ0v) is 18.4. The van der Waals surface area contributed by atoms with Crippen LogP contribution in [0.25, 0.3) is 43.8 Å². The molecule has 5 aromatic carbocycles. The summed E-state index contributed by atoms with van der Waals surface area (Å²) in [5.74, 6) is 0. The lowest BCUT2D eigenvalue weighted by atomic mass is 9.86. The van der Waals surface area contributed by atoms with Crippen molar-refractivity contribution in [3.63, 3.8) is 0 Å². The van der Waals surface area contributed by atoms with E-state index in [4.69, 9.17) is 23.2 Å². The Morgan fingerprint density at radius 1 is 0.483 bits per heavy atom. The first-order valence-electron chi connectivity index (χ1n) is 9.29. The van der Waals surface area contributed by atoms with E-state index in [0.29, 0.717) is 0 Å². The first-order valence-corrected chi connectivity index (χ1v) is 10.8. The van der Waals surface area contributed by atoms with Crippen LogP contribution in [0.3, 0.4) is 0 Å². The van der Waals surface area contributed by atoms with E-state index >= 15 is 0 Å². The second kappa shape index (κ2) is 7.50. The fourth-order valence-corrected chi connectivity index (χ4v) is 4.87. The van der Waals surface area contributed by atoms with Gasteiger partial charge in [0.05, 0.1) is 0 Å². The van der Waals surface area contributed by atoms with Gasteiger partial charge in [-0.25, -0.2) is 0 Å². The molecule has 0 saturated carbocycles. The van der Waals surface area contributed by atoms with E-state index in [9.17, 15) is 0 Å². The maximum absolute atomic E-state index is 6.80. The minimum absolute atomic E-state index is 0.736. The SMILES string of the molecule is Clc1cccc2c(-c3ccc(Br)cc3)c3c(Cl)cccc3c(-c3ccccc3)c12. The summed E-state index contributed by atoms with van der Waals surface area (Å²) in [4.78, 5) is 0. The number of rotatable bonds is 2. The molecule has 0 atom stereocenters. The summed E-state index contributed by atoms with van der Waals surface area (Å²) >= 11 is 17.1. The third-order valence-corrected chi connectivity index (χ3v) is 6.42. The molecule has 0 saturated heterocycles. The predicted octanol–water partition coefficient (Wildman–Crippen LogP) is 9.40. The quantitative estimate of drug-likeness (QED) is 0.222. The lowest BCUT2D eigenvalue weighted by Crippen LogP contribution is -1.92. The molecule has 0 radical (unpaired) electrons. The lowest BCUT2D eigenvalue weighted by Gasteiger charge is -2.19. The molecule has 5 rings (SSSR count). The highest BCUT2D eigenvalue weighted by molar-refractivity contribution is 9.10. The van der Waals surface area contributed by atoms with E-state index in [0.717, 1.165) is 58.3 Å². The average Bonchev–Trinajstić information content (AvgIpc) is 2.74. The van der Waals surface area contributed by atoms with Crippen molar-refractivity contribution in [3.8, 4) is 22.3 Å². The topological polar surface area (TPSA) is 0 Å². The molecule has 5 aromatic rings. The Morgan fingerprint density at radius 2 is 0.966 bits per heavy atom. The fraction of sp³-hybridized carbons (Fsp3) is 0. The minimum Gasteiger partial charge on any atom is -0.0836 e. The number of benzene rings is 5. The van der Waals surface area contributed by atoms with E-state index < -0.39 is 0 Å². The van der Waals surface area contributed by atoms with Crippen LogP contribution in [0.15, 0.2) is 95.5 Å². The highest BCUT2D eigenvalue weighted by atomic mass is 79.9. The van der Waals surface area contributed by atoms with E-state index in [1.54, 1.807) is 0 Å². The number of halogens is 3. The van der Waals surface area contributed by atoms with Crippen molar-refractivity contribution in [3.05, 3.63) is 106 Å². The number of hydrogen-bond acceptors (Lipinski definition) is 0. The van der Waals surface area contributed by atoms with Crippen molar-refractivity contribution < 1.29 is 0 Å². The zero-order valence-electron chi connectivity index (χ0n) is 15.3. The zero-order chi connectivity index (χ0) is 20.0. The molecule has 0 aromatic heterocycles. The molecular formula is C26H15BrCl2. The van der Waals surface area contributed by atoms with Crippen LogP contribution in [0, 0.1) is 0 Å². The maximum atomic E-state index is 6.80. The first kappa shape index (κ1) is 18.7. The highest BCUT2D eigenvalue weighted by Crippen LogP contribution is 2.47. The smallest absolute Gasteiger partial charge is 0.0491 e. The summed E-state index contributed by atoms with van der Waals surface area (Å²) < 4.78 is 1.04. The monoisotopic (exact) mass is 476 g/mol. The molecule has 3 heteroatoms. The minimum atomic E-state index is 0.736. The van der Waals surface area contributed by atoms with Crippen molar-refractivity contribution in [2.45, 2.75) is 0 Å². The van der Waals surface area contributed by atoms with E-state index in [1.807, 2.05) is 30.3 Å². The van der Waals surface area contributed by atoms with Crippen LogP contribution >= 0.6 is 39.1 Å².